The fraction of sp³-hybridized carbons (Fsp3) is 0.304. The first-order valence-electron chi connectivity index (χ1n) is 19.9. The number of hydrogen-bond donors (Lipinski definition) is 4. The number of aliphatic hydroxyl groups excluding tert-OH is 1. The van der Waals surface area contributed by atoms with Gasteiger partial charge >= 0.3 is 0 Å². The molecule has 2 unspecified atom stereocenters. The minimum Gasteiger partial charge on any atom is -0.508 e. The normalized spacial score (nSPS) is 23.1. The van der Waals surface area contributed by atoms with Crippen LogP contribution in [0.3, 0.4) is 0 Å². The van der Waals surface area contributed by atoms with E-state index in [1.165, 1.54) is 27.2 Å². The predicted molar refractivity (Wildman–Crippen MR) is 218 cm³/mol. The number of amides is 2. The molecule has 0 spiro atoms. The second-order valence-corrected chi connectivity index (χ2v) is 16.2. The van der Waals surface area contributed by atoms with E-state index < -0.39 is 12.3 Å². The quantitative estimate of drug-likeness (QED) is 0.151. The van der Waals surface area contributed by atoms with Crippen molar-refractivity contribution in [1.29, 1.82) is 0 Å². The van der Waals surface area contributed by atoms with Crippen LogP contribution in [0, 0.1) is 0 Å². The van der Waals surface area contributed by atoms with Crippen LogP contribution >= 0.6 is 0 Å². The maximum Gasteiger partial charge on any atom is 0.257 e. The van der Waals surface area contributed by atoms with Crippen LogP contribution in [0.5, 0.6) is 5.75 Å². The largest absolute Gasteiger partial charge is 0.508 e. The van der Waals surface area contributed by atoms with Crippen molar-refractivity contribution in [1.82, 2.24) is 14.8 Å². The molecule has 5 aliphatic rings. The second kappa shape index (κ2) is 14.2. The second-order valence-electron chi connectivity index (χ2n) is 16.2. The number of phenols is 1. The van der Waals surface area contributed by atoms with Crippen molar-refractivity contribution in [3.8, 4) is 5.75 Å². The Morgan fingerprint density at radius 1 is 0.807 bits per heavy atom. The summed E-state index contributed by atoms with van der Waals surface area (Å²) < 4.78 is 0. The van der Waals surface area contributed by atoms with Crippen LogP contribution in [0.15, 0.2) is 108 Å². The molecule has 1 aliphatic carbocycles. The number of nitrogens with one attached hydrogen (secondary N) is 1. The maximum absolute atomic E-state index is 13.4. The molecule has 1 aromatic heterocycles. The zero-order valence-corrected chi connectivity index (χ0v) is 31.6. The Morgan fingerprint density at radius 3 is 2.35 bits per heavy atom. The molecular weight excluding hydrogens is 715 g/mol. The zero-order valence-electron chi connectivity index (χ0n) is 31.6. The van der Waals surface area contributed by atoms with Crippen LogP contribution in [-0.4, -0.2) is 67.8 Å². The van der Waals surface area contributed by atoms with Crippen LogP contribution < -0.4 is 16.0 Å². The van der Waals surface area contributed by atoms with Gasteiger partial charge in [0.05, 0.1) is 12.1 Å². The highest BCUT2D eigenvalue weighted by molar-refractivity contribution is 6.05. The van der Waals surface area contributed by atoms with Gasteiger partial charge in [-0.2, -0.15) is 4.99 Å². The van der Waals surface area contributed by atoms with Gasteiger partial charge < -0.3 is 26.2 Å². The van der Waals surface area contributed by atoms with E-state index in [1.807, 2.05) is 30.5 Å². The lowest BCUT2D eigenvalue weighted by molar-refractivity contribution is -0.118. The molecule has 0 saturated carbocycles. The fourth-order valence-corrected chi connectivity index (χ4v) is 9.74. The number of aryl methyl sites for hydroxylation is 1. The summed E-state index contributed by atoms with van der Waals surface area (Å²) in [6, 6.07) is 33.4. The molecule has 4 aromatic carbocycles. The van der Waals surface area contributed by atoms with Gasteiger partial charge in [0.2, 0.25) is 5.91 Å². The lowest BCUT2D eigenvalue weighted by Gasteiger charge is -2.41. The summed E-state index contributed by atoms with van der Waals surface area (Å²) in [6.45, 7) is 3.87. The van der Waals surface area contributed by atoms with Crippen molar-refractivity contribution in [2.24, 2.45) is 10.7 Å². The highest BCUT2D eigenvalue weighted by Gasteiger charge is 2.43. The summed E-state index contributed by atoms with van der Waals surface area (Å²) in [6.07, 6.45) is 3.39. The highest BCUT2D eigenvalue weighted by atomic mass is 16.3. The SMILES string of the molecule is NC1=NC(=O)CCC1N1C(=O)c2cc3c(cc2C1O)CN(Cc1ccc(N2CC(Nc4ccc([C@@H]5c6ccc(O)cc6CC[C@@H]5c5ccccc5)cc4)C2)nc1)C3. The number of fused-ring (bicyclic) bond motifs is 3. The third-order valence-electron chi connectivity index (χ3n) is 12.6. The first-order chi connectivity index (χ1) is 27.8. The number of nitrogens with two attached hydrogens (primary N) is 1. The molecule has 0 radical (unpaired) electrons. The van der Waals surface area contributed by atoms with Crippen molar-refractivity contribution < 1.29 is 19.8 Å². The Labute approximate surface area is 331 Å². The van der Waals surface area contributed by atoms with Gasteiger partial charge in [-0.25, -0.2) is 4.98 Å². The molecule has 57 heavy (non-hydrogen) atoms. The summed E-state index contributed by atoms with van der Waals surface area (Å²) in [5.41, 5.74) is 16.7. The molecule has 2 amide bonds. The average Bonchev–Trinajstić information content (AvgIpc) is 3.71. The van der Waals surface area contributed by atoms with Gasteiger partial charge in [0.25, 0.3) is 5.91 Å². The van der Waals surface area contributed by atoms with Gasteiger partial charge in [-0.05, 0) is 107 Å². The number of aromatic hydroxyl groups is 1. The lowest BCUT2D eigenvalue weighted by Crippen LogP contribution is -2.55. The molecule has 0 bridgehead atoms. The summed E-state index contributed by atoms with van der Waals surface area (Å²) in [4.78, 5) is 39.8. The first kappa shape index (κ1) is 35.4. The summed E-state index contributed by atoms with van der Waals surface area (Å²) >= 11 is 0. The van der Waals surface area contributed by atoms with Crippen LogP contribution in [-0.2, 0) is 30.8 Å². The number of amidine groups is 1. The van der Waals surface area contributed by atoms with Crippen molar-refractivity contribution >= 4 is 29.2 Å². The minimum absolute atomic E-state index is 0.0834. The maximum atomic E-state index is 13.4. The summed E-state index contributed by atoms with van der Waals surface area (Å²) in [5.74, 6) is 1.41. The molecule has 5 heterocycles. The number of aliphatic hydroxyl groups is 1. The first-order valence-corrected chi connectivity index (χ1v) is 19.9. The Balaban J connectivity index is 0.742. The van der Waals surface area contributed by atoms with E-state index in [0.717, 1.165) is 60.7 Å². The number of aliphatic imine (C=N–C) groups is 1. The molecule has 11 heteroatoms. The molecule has 10 rings (SSSR count). The van der Waals surface area contributed by atoms with E-state index >= 15 is 0 Å². The molecule has 4 atom stereocenters. The number of anilines is 2. The summed E-state index contributed by atoms with van der Waals surface area (Å²) in [5, 5.41) is 25.1. The van der Waals surface area contributed by atoms with Crippen LogP contribution in [0.2, 0.25) is 0 Å². The molecule has 1 fully saturated rings. The van der Waals surface area contributed by atoms with E-state index in [2.05, 4.69) is 92.9 Å². The van der Waals surface area contributed by atoms with Crippen molar-refractivity contribution in [2.45, 2.75) is 75.5 Å². The third-order valence-corrected chi connectivity index (χ3v) is 12.6. The van der Waals surface area contributed by atoms with E-state index in [0.29, 0.717) is 48.3 Å². The molecule has 5 aromatic rings. The number of phenolic OH excluding ortho intramolecular Hbond substituents is 1. The molecular formula is C46H45N7O4. The number of carbonyl (C=O) groups is 2. The smallest absolute Gasteiger partial charge is 0.257 e. The van der Waals surface area contributed by atoms with Crippen LogP contribution in [0.25, 0.3) is 0 Å². The average molecular weight is 760 g/mol. The Kier molecular flexibility index (Phi) is 8.79. The monoisotopic (exact) mass is 759 g/mol. The zero-order chi connectivity index (χ0) is 38.8. The fourth-order valence-electron chi connectivity index (χ4n) is 9.74. The molecule has 11 nitrogen and oxygen atoms in total. The number of benzene rings is 4. The van der Waals surface area contributed by atoms with Gasteiger partial charge in [0.15, 0.2) is 6.23 Å². The Bertz CT molecular complexity index is 2390. The summed E-state index contributed by atoms with van der Waals surface area (Å²) in [7, 11) is 0. The van der Waals surface area contributed by atoms with Crippen LogP contribution in [0.1, 0.15) is 92.2 Å². The molecule has 5 N–H and O–H groups in total. The van der Waals surface area contributed by atoms with E-state index in [4.69, 9.17) is 10.7 Å². The van der Waals surface area contributed by atoms with Gasteiger partial charge in [-0.1, -0.05) is 54.6 Å². The van der Waals surface area contributed by atoms with Gasteiger partial charge in [0, 0.05) is 68.1 Å². The topological polar surface area (TPSA) is 148 Å². The van der Waals surface area contributed by atoms with Gasteiger partial charge in [-0.3, -0.25) is 19.4 Å². The van der Waals surface area contributed by atoms with Gasteiger partial charge in [0.1, 0.15) is 17.4 Å². The van der Waals surface area contributed by atoms with Crippen LogP contribution in [0.4, 0.5) is 11.5 Å². The lowest BCUT2D eigenvalue weighted by atomic mass is 9.69. The van der Waals surface area contributed by atoms with Crippen molar-refractivity contribution in [3.05, 3.63) is 153 Å². The van der Waals surface area contributed by atoms with Gasteiger partial charge in [-0.15, -0.1) is 0 Å². The number of carbonyl (C=O) groups excluding carboxylic acids is 2. The molecule has 1 saturated heterocycles. The molecule has 288 valence electrons. The number of pyridine rings is 1. The standard InChI is InChI=1S/C46H45N7O4/c47-44-40(15-17-42(55)50-44)53-45(56)38-19-31-23-51(24-32(31)20-39(38)46(53)57)22-27-6-16-41(48-21-27)52-25-34(26-52)49-33-10-7-29(8-11-33)43-36(28-4-2-1-3-5-28)13-9-30-18-35(54)12-14-37(30)43/h1-8,10-12,14,16,18-21,34,36,40,43,45,49,54,56H,9,13,15,17,22-26H2,(H2,47,50,55)/t36-,40?,43+,45?/m1/s1. The number of rotatable bonds is 8. The highest BCUT2D eigenvalue weighted by Crippen LogP contribution is 2.47. The number of aromatic nitrogens is 1. The van der Waals surface area contributed by atoms with Crippen molar-refractivity contribution in [3.63, 3.8) is 0 Å². The number of nitrogens with zero attached hydrogens (tertiary/aromatic N) is 5. The van der Waals surface area contributed by atoms with E-state index in [1.54, 1.807) is 0 Å². The Morgan fingerprint density at radius 2 is 1.60 bits per heavy atom. The van der Waals surface area contributed by atoms with E-state index in [-0.39, 0.29) is 30.0 Å². The number of hydrogen-bond acceptors (Lipinski definition) is 9. The Hall–Kier alpha value is -6.04. The minimum atomic E-state index is -1.12. The molecule has 4 aliphatic heterocycles. The van der Waals surface area contributed by atoms with E-state index in [9.17, 15) is 19.8 Å². The predicted octanol–water partition coefficient (Wildman–Crippen LogP) is 5.96. The third kappa shape index (κ3) is 6.50. The van der Waals surface area contributed by atoms with Crippen molar-refractivity contribution in [2.75, 3.05) is 23.3 Å².